The molecule has 0 amide bonds. The molecule has 0 saturated carbocycles. The maximum Gasteiger partial charge on any atom is 0.163 e. The Kier molecular flexibility index (Phi) is 2.72. The Bertz CT molecular complexity index is 757. The van der Waals surface area contributed by atoms with Crippen LogP contribution in [0.25, 0.3) is 0 Å². The Labute approximate surface area is 125 Å². The van der Waals surface area contributed by atoms with Crippen molar-refractivity contribution in [3.63, 3.8) is 0 Å². The second-order valence-electron chi connectivity index (χ2n) is 5.48. The van der Waals surface area contributed by atoms with Crippen LogP contribution in [0.3, 0.4) is 0 Å². The lowest BCUT2D eigenvalue weighted by Crippen LogP contribution is -2.39. The number of ether oxygens (including phenoxy) is 2. The van der Waals surface area contributed by atoms with Crippen LogP contribution in [0.4, 0.5) is 0 Å². The van der Waals surface area contributed by atoms with Crippen LogP contribution in [-0.4, -0.2) is 26.5 Å². The highest BCUT2D eigenvalue weighted by Crippen LogP contribution is 2.49. The fourth-order valence-corrected chi connectivity index (χ4v) is 3.07. The van der Waals surface area contributed by atoms with E-state index in [1.54, 1.807) is 12.1 Å². The summed E-state index contributed by atoms with van der Waals surface area (Å²) in [5.41, 5.74) is 1.64. The zero-order valence-electron chi connectivity index (χ0n) is 11.4. The number of hydrogen-bond acceptors (Lipinski definition) is 6. The molecule has 0 unspecified atom stereocenters. The van der Waals surface area contributed by atoms with Crippen LogP contribution in [0, 0.1) is 0 Å². The van der Waals surface area contributed by atoms with Crippen molar-refractivity contribution in [3.8, 4) is 23.0 Å². The monoisotopic (exact) mass is 302 g/mol. The minimum atomic E-state index is -0.904. The Balaban J connectivity index is 1.84. The topological polar surface area (TPSA) is 99.4 Å². The maximum absolute atomic E-state index is 10.5. The molecule has 0 spiro atoms. The fourth-order valence-electron chi connectivity index (χ4n) is 3.07. The van der Waals surface area contributed by atoms with Crippen LogP contribution in [0.1, 0.15) is 28.9 Å². The molecule has 0 aromatic heterocycles. The first-order valence-corrected chi connectivity index (χ1v) is 6.89. The molecule has 4 rings (SSSR count). The summed E-state index contributed by atoms with van der Waals surface area (Å²) in [5.74, 6) is -0.0568. The third kappa shape index (κ3) is 1.74. The zero-order valence-corrected chi connectivity index (χ0v) is 11.4. The normalized spacial score (nSPS) is 25.6. The summed E-state index contributed by atoms with van der Waals surface area (Å²) in [6, 6.07) is 7.53. The maximum atomic E-state index is 10.5. The van der Waals surface area contributed by atoms with Crippen molar-refractivity contribution in [1.82, 2.24) is 0 Å². The summed E-state index contributed by atoms with van der Waals surface area (Å²) in [4.78, 5) is 0. The molecular formula is C16H14O6. The molecule has 0 bridgehead atoms. The van der Waals surface area contributed by atoms with Gasteiger partial charge >= 0.3 is 0 Å². The van der Waals surface area contributed by atoms with Gasteiger partial charge in [-0.3, -0.25) is 0 Å². The Morgan fingerprint density at radius 3 is 2.59 bits per heavy atom. The van der Waals surface area contributed by atoms with Crippen molar-refractivity contribution >= 4 is 0 Å². The average Bonchev–Trinajstić information content (AvgIpc) is 2.50. The van der Waals surface area contributed by atoms with Crippen LogP contribution >= 0.6 is 0 Å². The Morgan fingerprint density at radius 1 is 1.00 bits per heavy atom. The fraction of sp³-hybridized carbons (Fsp3) is 0.250. The minimum Gasteiger partial charge on any atom is -0.508 e. The van der Waals surface area contributed by atoms with Gasteiger partial charge in [0, 0.05) is 22.8 Å². The molecule has 0 aliphatic carbocycles. The second-order valence-corrected chi connectivity index (χ2v) is 5.48. The predicted octanol–water partition coefficient (Wildman–Crippen LogP) is 1.87. The third-order valence-corrected chi connectivity index (χ3v) is 4.20. The van der Waals surface area contributed by atoms with E-state index in [4.69, 9.17) is 9.47 Å². The van der Waals surface area contributed by atoms with E-state index in [1.807, 2.05) is 0 Å². The number of fused-ring (bicyclic) bond motifs is 4. The first-order chi connectivity index (χ1) is 10.6. The molecule has 0 saturated heterocycles. The van der Waals surface area contributed by atoms with Crippen LogP contribution in [-0.2, 0) is 11.3 Å². The molecule has 0 radical (unpaired) electrons. The van der Waals surface area contributed by atoms with Crippen molar-refractivity contribution in [1.29, 1.82) is 0 Å². The zero-order chi connectivity index (χ0) is 15.4. The highest BCUT2D eigenvalue weighted by molar-refractivity contribution is 5.52. The number of aliphatic hydroxyl groups excluding tert-OH is 1. The van der Waals surface area contributed by atoms with Gasteiger partial charge in [0.2, 0.25) is 0 Å². The molecule has 3 atom stereocenters. The van der Waals surface area contributed by atoms with Gasteiger partial charge in [-0.1, -0.05) is 6.07 Å². The summed E-state index contributed by atoms with van der Waals surface area (Å²) < 4.78 is 11.5. The van der Waals surface area contributed by atoms with E-state index in [0.29, 0.717) is 22.4 Å². The SMILES string of the molecule is Oc1ccc2c(c1)O[C@@H]1c3ccc(O)c(O)c3CO[C@H]1[C@H]2O. The lowest BCUT2D eigenvalue weighted by molar-refractivity contribution is -0.127. The highest BCUT2D eigenvalue weighted by Gasteiger charge is 2.43. The van der Waals surface area contributed by atoms with Crippen LogP contribution in [0.2, 0.25) is 0 Å². The van der Waals surface area contributed by atoms with E-state index in [1.165, 1.54) is 18.2 Å². The second kappa shape index (κ2) is 4.53. The molecular weight excluding hydrogens is 288 g/mol. The number of aromatic hydroxyl groups is 3. The van der Waals surface area contributed by atoms with Gasteiger partial charge in [0.05, 0.1) is 6.61 Å². The van der Waals surface area contributed by atoms with Crippen molar-refractivity contribution in [3.05, 3.63) is 47.0 Å². The number of aliphatic hydroxyl groups is 1. The van der Waals surface area contributed by atoms with Gasteiger partial charge in [0.25, 0.3) is 0 Å². The van der Waals surface area contributed by atoms with E-state index in [2.05, 4.69) is 0 Å². The lowest BCUT2D eigenvalue weighted by Gasteiger charge is -2.40. The van der Waals surface area contributed by atoms with Crippen molar-refractivity contribution in [2.24, 2.45) is 0 Å². The predicted molar refractivity (Wildman–Crippen MR) is 74.8 cm³/mol. The van der Waals surface area contributed by atoms with Gasteiger partial charge in [-0.15, -0.1) is 0 Å². The molecule has 114 valence electrons. The first-order valence-electron chi connectivity index (χ1n) is 6.89. The number of rotatable bonds is 0. The third-order valence-electron chi connectivity index (χ3n) is 4.20. The molecule has 2 aromatic rings. The molecule has 2 aliphatic heterocycles. The highest BCUT2D eigenvalue weighted by atomic mass is 16.6. The summed E-state index contributed by atoms with van der Waals surface area (Å²) in [5, 5.41) is 39.6. The van der Waals surface area contributed by atoms with Crippen LogP contribution in [0.15, 0.2) is 30.3 Å². The molecule has 2 aromatic carbocycles. The number of benzene rings is 2. The molecule has 22 heavy (non-hydrogen) atoms. The van der Waals surface area contributed by atoms with Crippen molar-refractivity contribution in [2.45, 2.75) is 24.9 Å². The van der Waals surface area contributed by atoms with E-state index in [-0.39, 0.29) is 23.9 Å². The first kappa shape index (κ1) is 13.2. The van der Waals surface area contributed by atoms with Gasteiger partial charge in [-0.2, -0.15) is 0 Å². The van der Waals surface area contributed by atoms with Crippen molar-refractivity contribution < 1.29 is 29.9 Å². The molecule has 6 heteroatoms. The van der Waals surface area contributed by atoms with Crippen molar-refractivity contribution in [2.75, 3.05) is 0 Å². The molecule has 2 heterocycles. The summed E-state index contributed by atoms with van der Waals surface area (Å²) in [6.07, 6.45) is -2.15. The Hall–Kier alpha value is -2.44. The van der Waals surface area contributed by atoms with Gasteiger partial charge in [0.15, 0.2) is 17.6 Å². The lowest BCUT2D eigenvalue weighted by atomic mass is 9.87. The average molecular weight is 302 g/mol. The van der Waals surface area contributed by atoms with Gasteiger partial charge in [-0.05, 0) is 18.2 Å². The molecule has 2 aliphatic rings. The van der Waals surface area contributed by atoms with E-state index >= 15 is 0 Å². The molecule has 6 nitrogen and oxygen atoms in total. The van der Waals surface area contributed by atoms with Crippen LogP contribution in [0.5, 0.6) is 23.0 Å². The largest absolute Gasteiger partial charge is 0.508 e. The minimum absolute atomic E-state index is 0.0369. The summed E-state index contributed by atoms with van der Waals surface area (Å²) >= 11 is 0. The van der Waals surface area contributed by atoms with Crippen LogP contribution < -0.4 is 4.74 Å². The standard InChI is InChI=1S/C16H14O6/c17-7-1-2-9-12(5-7)22-15-8-3-4-11(18)13(19)10(8)6-21-16(15)14(9)20/h1-5,14-20H,6H2/t14-,15+,16-/m0/s1. The number of phenols is 3. The summed E-state index contributed by atoms with van der Waals surface area (Å²) in [7, 11) is 0. The number of phenolic OH excluding ortho intramolecular Hbond substituents is 3. The van der Waals surface area contributed by atoms with Gasteiger partial charge < -0.3 is 29.9 Å². The molecule has 0 fully saturated rings. The van der Waals surface area contributed by atoms with E-state index < -0.39 is 18.3 Å². The van der Waals surface area contributed by atoms with Gasteiger partial charge in [0.1, 0.15) is 23.7 Å². The quantitative estimate of drug-likeness (QED) is 0.554. The van der Waals surface area contributed by atoms with Gasteiger partial charge in [-0.25, -0.2) is 0 Å². The Morgan fingerprint density at radius 2 is 1.77 bits per heavy atom. The smallest absolute Gasteiger partial charge is 0.163 e. The van der Waals surface area contributed by atoms with E-state index in [0.717, 1.165) is 0 Å². The molecule has 4 N–H and O–H groups in total. The van der Waals surface area contributed by atoms with E-state index in [9.17, 15) is 20.4 Å². The number of hydrogen-bond donors (Lipinski definition) is 4. The summed E-state index contributed by atoms with van der Waals surface area (Å²) in [6.45, 7) is 0.0740.